The second-order valence-corrected chi connectivity index (χ2v) is 4.73. The van der Waals surface area contributed by atoms with Crippen molar-refractivity contribution in [1.82, 2.24) is 20.2 Å². The van der Waals surface area contributed by atoms with E-state index in [4.69, 9.17) is 0 Å². The number of H-pyrrole nitrogens is 1. The van der Waals surface area contributed by atoms with E-state index in [1.165, 1.54) is 4.90 Å². The van der Waals surface area contributed by atoms with Gasteiger partial charge in [0.1, 0.15) is 5.82 Å². The number of rotatable bonds is 7. The van der Waals surface area contributed by atoms with Crippen LogP contribution in [0.3, 0.4) is 0 Å². The van der Waals surface area contributed by atoms with Crippen LogP contribution in [-0.4, -0.2) is 45.8 Å². The van der Waals surface area contributed by atoms with Crippen molar-refractivity contribution in [1.29, 1.82) is 0 Å². The molecule has 1 unspecified atom stereocenters. The predicted octanol–water partition coefficient (Wildman–Crippen LogP) is 0.469. The lowest BCUT2D eigenvalue weighted by Gasteiger charge is -2.14. The molecular formula is C13H20N4O2. The van der Waals surface area contributed by atoms with Crippen molar-refractivity contribution in [3.05, 3.63) is 18.2 Å². The minimum atomic E-state index is -0.337. The highest BCUT2D eigenvalue weighted by atomic mass is 16.2. The lowest BCUT2D eigenvalue weighted by Crippen LogP contribution is -2.39. The van der Waals surface area contributed by atoms with Gasteiger partial charge in [0.15, 0.2) is 0 Å². The molecule has 1 aromatic heterocycles. The first-order chi connectivity index (χ1) is 9.22. The van der Waals surface area contributed by atoms with Gasteiger partial charge in [0.25, 0.3) is 0 Å². The Labute approximate surface area is 112 Å². The molecule has 1 aliphatic rings. The van der Waals surface area contributed by atoms with Crippen molar-refractivity contribution in [2.24, 2.45) is 0 Å². The number of amides is 2. The van der Waals surface area contributed by atoms with Crippen molar-refractivity contribution in [2.75, 3.05) is 13.1 Å². The minimum absolute atomic E-state index is 0.0598. The van der Waals surface area contributed by atoms with E-state index in [-0.39, 0.29) is 17.9 Å². The van der Waals surface area contributed by atoms with Crippen LogP contribution in [0.25, 0.3) is 0 Å². The predicted molar refractivity (Wildman–Crippen MR) is 70.3 cm³/mol. The fraction of sp³-hybridized carbons (Fsp3) is 0.615. The average molecular weight is 264 g/mol. The summed E-state index contributed by atoms with van der Waals surface area (Å²) in [5, 5.41) is 3.16. The summed E-state index contributed by atoms with van der Waals surface area (Å²) in [6.07, 6.45) is 6.35. The Kier molecular flexibility index (Phi) is 4.68. The molecule has 0 aromatic carbocycles. The number of nitrogens with one attached hydrogen (secondary N) is 2. The summed E-state index contributed by atoms with van der Waals surface area (Å²) in [7, 11) is 0. The third kappa shape index (κ3) is 3.41. The number of imidazole rings is 1. The van der Waals surface area contributed by atoms with Crippen LogP contribution in [0.1, 0.15) is 32.0 Å². The molecule has 2 rings (SSSR count). The van der Waals surface area contributed by atoms with Crippen molar-refractivity contribution >= 4 is 11.8 Å². The van der Waals surface area contributed by atoms with E-state index in [0.29, 0.717) is 19.5 Å². The molecule has 2 N–H and O–H groups in total. The molecule has 0 saturated carbocycles. The van der Waals surface area contributed by atoms with Gasteiger partial charge in [-0.2, -0.15) is 0 Å². The quantitative estimate of drug-likeness (QED) is 0.554. The fourth-order valence-electron chi connectivity index (χ4n) is 2.27. The van der Waals surface area contributed by atoms with Crippen molar-refractivity contribution in [3.8, 4) is 0 Å². The Balaban J connectivity index is 1.71. The number of hydrogen-bond donors (Lipinski definition) is 2. The van der Waals surface area contributed by atoms with Crippen LogP contribution in [0.4, 0.5) is 0 Å². The second-order valence-electron chi connectivity index (χ2n) is 4.73. The number of carbonyl (C=O) groups is 2. The van der Waals surface area contributed by atoms with Crippen LogP contribution in [0, 0.1) is 0 Å². The van der Waals surface area contributed by atoms with E-state index >= 15 is 0 Å². The van der Waals surface area contributed by atoms with E-state index in [1.807, 2.05) is 6.92 Å². The van der Waals surface area contributed by atoms with Gasteiger partial charge in [-0.25, -0.2) is 4.98 Å². The zero-order chi connectivity index (χ0) is 13.7. The van der Waals surface area contributed by atoms with E-state index in [2.05, 4.69) is 15.3 Å². The topological polar surface area (TPSA) is 78.1 Å². The molecule has 0 spiro atoms. The molecule has 0 bridgehead atoms. The Bertz CT molecular complexity index is 430. The molecule has 1 saturated heterocycles. The first-order valence-corrected chi connectivity index (χ1v) is 6.78. The van der Waals surface area contributed by atoms with Crippen molar-refractivity contribution in [2.45, 2.75) is 38.6 Å². The van der Waals surface area contributed by atoms with E-state index in [1.54, 1.807) is 12.4 Å². The number of nitrogens with zero attached hydrogens (tertiary/aromatic N) is 2. The molecule has 6 heteroatoms. The van der Waals surface area contributed by atoms with E-state index in [9.17, 15) is 9.59 Å². The maximum Gasteiger partial charge on any atom is 0.246 e. The Hall–Kier alpha value is -1.69. The standard InChI is InChI=1S/C13H20N4O2/c1-2-8-17-12(18)9-10(13(17)19)14-5-3-4-11-15-6-7-16-11/h6-7,10,14H,2-5,8-9H2,1H3,(H,15,16). The number of likely N-dealkylation sites (tertiary alicyclic amines) is 1. The van der Waals surface area contributed by atoms with Gasteiger partial charge >= 0.3 is 0 Å². The number of hydrogen-bond acceptors (Lipinski definition) is 4. The third-order valence-electron chi connectivity index (χ3n) is 3.23. The molecule has 1 aromatic rings. The number of carbonyl (C=O) groups excluding carboxylic acids is 2. The Morgan fingerprint density at radius 2 is 2.37 bits per heavy atom. The van der Waals surface area contributed by atoms with Crippen LogP contribution in [0.15, 0.2) is 12.4 Å². The summed E-state index contributed by atoms with van der Waals surface area (Å²) in [5.74, 6) is 0.809. The van der Waals surface area contributed by atoms with Crippen LogP contribution >= 0.6 is 0 Å². The lowest BCUT2D eigenvalue weighted by atomic mass is 10.2. The number of aromatic amines is 1. The number of imide groups is 1. The minimum Gasteiger partial charge on any atom is -0.349 e. The number of aryl methyl sites for hydroxylation is 1. The molecule has 1 fully saturated rings. The van der Waals surface area contributed by atoms with Crippen LogP contribution in [0.5, 0.6) is 0 Å². The summed E-state index contributed by atoms with van der Waals surface area (Å²) < 4.78 is 0. The van der Waals surface area contributed by atoms with Crippen LogP contribution in [-0.2, 0) is 16.0 Å². The number of aromatic nitrogens is 2. The molecule has 2 amide bonds. The average Bonchev–Trinajstić information content (AvgIpc) is 2.99. The highest BCUT2D eigenvalue weighted by Gasteiger charge is 2.37. The second kappa shape index (κ2) is 6.47. The molecule has 19 heavy (non-hydrogen) atoms. The molecular weight excluding hydrogens is 244 g/mol. The molecule has 1 aliphatic heterocycles. The molecule has 2 heterocycles. The molecule has 6 nitrogen and oxygen atoms in total. The maximum absolute atomic E-state index is 12.0. The smallest absolute Gasteiger partial charge is 0.246 e. The maximum atomic E-state index is 12.0. The zero-order valence-electron chi connectivity index (χ0n) is 11.2. The van der Waals surface area contributed by atoms with Crippen molar-refractivity contribution in [3.63, 3.8) is 0 Å². The van der Waals surface area contributed by atoms with Crippen LogP contribution < -0.4 is 5.32 Å². The first kappa shape index (κ1) is 13.7. The van der Waals surface area contributed by atoms with Gasteiger partial charge in [0.2, 0.25) is 11.8 Å². The molecule has 104 valence electrons. The highest BCUT2D eigenvalue weighted by molar-refractivity contribution is 6.05. The molecule has 0 radical (unpaired) electrons. The summed E-state index contributed by atoms with van der Waals surface area (Å²) in [6, 6.07) is -0.337. The highest BCUT2D eigenvalue weighted by Crippen LogP contribution is 2.13. The normalized spacial score (nSPS) is 19.4. The summed E-state index contributed by atoms with van der Waals surface area (Å²) in [6.45, 7) is 3.21. The fourth-order valence-corrected chi connectivity index (χ4v) is 2.27. The SMILES string of the molecule is CCCN1C(=O)CC(NCCCc2ncc[nH]2)C1=O. The van der Waals surface area contributed by atoms with Crippen molar-refractivity contribution < 1.29 is 9.59 Å². The summed E-state index contributed by atoms with van der Waals surface area (Å²) >= 11 is 0. The molecule has 0 aliphatic carbocycles. The zero-order valence-corrected chi connectivity index (χ0v) is 11.2. The van der Waals surface area contributed by atoms with E-state index < -0.39 is 0 Å². The van der Waals surface area contributed by atoms with Crippen LogP contribution in [0.2, 0.25) is 0 Å². The largest absolute Gasteiger partial charge is 0.349 e. The lowest BCUT2D eigenvalue weighted by molar-refractivity contribution is -0.138. The van der Waals surface area contributed by atoms with Gasteiger partial charge in [-0.15, -0.1) is 0 Å². The van der Waals surface area contributed by atoms with Gasteiger partial charge in [0, 0.05) is 25.4 Å². The van der Waals surface area contributed by atoms with E-state index in [0.717, 1.165) is 25.1 Å². The Morgan fingerprint density at radius 3 is 3.05 bits per heavy atom. The van der Waals surface area contributed by atoms with Gasteiger partial charge in [-0.3, -0.25) is 14.5 Å². The van der Waals surface area contributed by atoms with Gasteiger partial charge < -0.3 is 10.3 Å². The summed E-state index contributed by atoms with van der Waals surface area (Å²) in [5.41, 5.74) is 0. The third-order valence-corrected chi connectivity index (χ3v) is 3.23. The van der Waals surface area contributed by atoms with Gasteiger partial charge in [0.05, 0.1) is 12.5 Å². The van der Waals surface area contributed by atoms with Gasteiger partial charge in [-0.05, 0) is 19.4 Å². The summed E-state index contributed by atoms with van der Waals surface area (Å²) in [4.78, 5) is 32.1. The monoisotopic (exact) mass is 264 g/mol. The van der Waals surface area contributed by atoms with Gasteiger partial charge in [-0.1, -0.05) is 6.92 Å². The first-order valence-electron chi connectivity index (χ1n) is 6.78. The Morgan fingerprint density at radius 1 is 1.53 bits per heavy atom. The molecule has 1 atom stereocenters.